The van der Waals surface area contributed by atoms with Crippen LogP contribution < -0.4 is 11.1 Å². The molecule has 188 valence electrons. The smallest absolute Gasteiger partial charge is 0.255 e. The molecule has 10 heteroatoms. The topological polar surface area (TPSA) is 173 Å². The standard InChI is InChI=1S/C25H31N3O7/c1-4-5-8-27-14-6-7-15(29)17-12(14)9-11-10-13-19(28(2)3)21(31)18(24(26)34)23(33)25(13,35)22(32)16(11)20(17)30/h6-7,11,13,19,27,29-30,33,35H,4-5,8-10H2,1-3H3,(H2,26,34)/t11-,13-,19-,25-/m0/s1. The first-order chi connectivity index (χ1) is 16.5. The van der Waals surface area contributed by atoms with Crippen molar-refractivity contribution >= 4 is 28.9 Å². The molecule has 0 saturated heterocycles. The van der Waals surface area contributed by atoms with Crippen molar-refractivity contribution in [3.63, 3.8) is 0 Å². The van der Waals surface area contributed by atoms with Crippen LogP contribution in [-0.4, -0.2) is 75.1 Å². The Labute approximate surface area is 202 Å². The van der Waals surface area contributed by atoms with E-state index >= 15 is 0 Å². The van der Waals surface area contributed by atoms with Gasteiger partial charge in [-0.2, -0.15) is 0 Å². The van der Waals surface area contributed by atoms with Gasteiger partial charge in [0.1, 0.15) is 22.8 Å². The Morgan fingerprint density at radius 3 is 2.51 bits per heavy atom. The molecule has 0 bridgehead atoms. The van der Waals surface area contributed by atoms with Gasteiger partial charge in [-0.1, -0.05) is 13.3 Å². The highest BCUT2D eigenvalue weighted by molar-refractivity contribution is 6.24. The SMILES string of the molecule is CCCCNc1ccc(O)c2c1C[C@H]1C[C@H]3[C@H](N(C)C)C(=O)C(C(N)=O)=C(O)[C@@]3(O)C(=O)C1=C2O. The third kappa shape index (κ3) is 3.51. The number of aliphatic hydroxyl groups is 3. The van der Waals surface area contributed by atoms with Gasteiger partial charge in [0, 0.05) is 23.7 Å². The number of benzene rings is 1. The summed E-state index contributed by atoms with van der Waals surface area (Å²) < 4.78 is 0. The third-order valence-electron chi connectivity index (χ3n) is 7.45. The fraction of sp³-hybridized carbons (Fsp3) is 0.480. The average molecular weight is 486 g/mol. The number of hydrogen-bond acceptors (Lipinski definition) is 9. The van der Waals surface area contributed by atoms with Gasteiger partial charge in [0.15, 0.2) is 11.4 Å². The molecule has 3 aliphatic carbocycles. The summed E-state index contributed by atoms with van der Waals surface area (Å²) in [5, 5.41) is 47.5. The van der Waals surface area contributed by atoms with Crippen LogP contribution in [0.15, 0.2) is 29.0 Å². The molecule has 3 aliphatic rings. The fourth-order valence-corrected chi connectivity index (χ4v) is 5.81. The highest BCUT2D eigenvalue weighted by Gasteiger charge is 2.64. The van der Waals surface area contributed by atoms with Gasteiger partial charge in [0.25, 0.3) is 5.91 Å². The second-order valence-corrected chi connectivity index (χ2v) is 9.73. The van der Waals surface area contributed by atoms with Crippen molar-refractivity contribution in [3.05, 3.63) is 40.2 Å². The van der Waals surface area contributed by atoms with Gasteiger partial charge in [-0.15, -0.1) is 0 Å². The number of hydrogen-bond donors (Lipinski definition) is 6. The fourth-order valence-electron chi connectivity index (χ4n) is 5.81. The van der Waals surface area contributed by atoms with Crippen molar-refractivity contribution in [2.45, 2.75) is 44.2 Å². The number of phenolic OH excluding ortho intramolecular Hbond substituents is 1. The Morgan fingerprint density at radius 1 is 1.23 bits per heavy atom. The van der Waals surface area contributed by atoms with Gasteiger partial charge in [-0.25, -0.2) is 0 Å². The lowest BCUT2D eigenvalue weighted by atomic mass is 9.57. The van der Waals surface area contributed by atoms with Crippen LogP contribution in [0.5, 0.6) is 5.75 Å². The third-order valence-corrected chi connectivity index (χ3v) is 7.45. The molecular formula is C25H31N3O7. The van der Waals surface area contributed by atoms with Crippen LogP contribution in [0.1, 0.15) is 37.3 Å². The lowest BCUT2D eigenvalue weighted by Crippen LogP contribution is -2.65. The zero-order valence-corrected chi connectivity index (χ0v) is 20.0. The normalized spacial score (nSPS) is 28.1. The zero-order chi connectivity index (χ0) is 25.8. The Morgan fingerprint density at radius 2 is 1.91 bits per heavy atom. The maximum Gasteiger partial charge on any atom is 0.255 e. The van der Waals surface area contributed by atoms with Crippen molar-refractivity contribution in [3.8, 4) is 5.75 Å². The lowest BCUT2D eigenvalue weighted by molar-refractivity contribution is -0.153. The van der Waals surface area contributed by atoms with Crippen LogP contribution in [0, 0.1) is 11.8 Å². The number of carbonyl (C=O) groups excluding carboxylic acids is 3. The van der Waals surface area contributed by atoms with Gasteiger partial charge in [0.05, 0.1) is 11.6 Å². The molecule has 10 nitrogen and oxygen atoms in total. The largest absolute Gasteiger partial charge is 0.508 e. The van der Waals surface area contributed by atoms with Gasteiger partial charge in [-0.3, -0.25) is 19.3 Å². The number of nitrogens with zero attached hydrogens (tertiary/aromatic N) is 1. The molecule has 1 amide bonds. The number of phenols is 1. The lowest BCUT2D eigenvalue weighted by Gasteiger charge is -2.50. The molecule has 35 heavy (non-hydrogen) atoms. The number of unbranched alkanes of at least 4 members (excludes halogenated alkanes) is 1. The van der Waals surface area contributed by atoms with E-state index in [9.17, 15) is 34.8 Å². The predicted molar refractivity (Wildman–Crippen MR) is 128 cm³/mol. The van der Waals surface area contributed by atoms with E-state index in [1.807, 2.05) is 0 Å². The molecule has 7 N–H and O–H groups in total. The van der Waals surface area contributed by atoms with E-state index in [0.717, 1.165) is 12.8 Å². The van der Waals surface area contributed by atoms with Gasteiger partial charge in [0.2, 0.25) is 5.78 Å². The Balaban J connectivity index is 1.91. The molecule has 0 heterocycles. The molecule has 4 rings (SSSR count). The summed E-state index contributed by atoms with van der Waals surface area (Å²) in [6.07, 6.45) is 2.22. The second-order valence-electron chi connectivity index (χ2n) is 9.73. The Kier molecular flexibility index (Phi) is 6.14. The number of Topliss-reactive ketones (excluding diaryl/α,β-unsaturated/α-hetero) is 2. The van der Waals surface area contributed by atoms with E-state index in [0.29, 0.717) is 17.8 Å². The van der Waals surface area contributed by atoms with Crippen molar-refractivity contribution < 1.29 is 34.8 Å². The first-order valence-corrected chi connectivity index (χ1v) is 11.7. The summed E-state index contributed by atoms with van der Waals surface area (Å²) in [6, 6.07) is 2.03. The molecule has 0 aromatic heterocycles. The highest BCUT2D eigenvalue weighted by Crippen LogP contribution is 2.53. The van der Waals surface area contributed by atoms with Crippen LogP contribution >= 0.6 is 0 Å². The number of aliphatic hydroxyl groups excluding tert-OH is 2. The molecule has 1 saturated carbocycles. The molecule has 4 atom stereocenters. The summed E-state index contributed by atoms with van der Waals surface area (Å²) >= 11 is 0. The number of carbonyl (C=O) groups is 3. The van der Waals surface area contributed by atoms with Gasteiger partial charge >= 0.3 is 0 Å². The first kappa shape index (κ1) is 24.7. The van der Waals surface area contributed by atoms with E-state index in [-0.39, 0.29) is 29.7 Å². The minimum atomic E-state index is -2.63. The summed E-state index contributed by atoms with van der Waals surface area (Å²) in [4.78, 5) is 40.3. The number of amides is 1. The van der Waals surface area contributed by atoms with E-state index in [1.54, 1.807) is 20.2 Å². The summed E-state index contributed by atoms with van der Waals surface area (Å²) in [5.74, 6) is -6.52. The molecule has 1 fully saturated rings. The Hall–Kier alpha value is -3.37. The number of nitrogens with two attached hydrogens (primary N) is 1. The summed E-state index contributed by atoms with van der Waals surface area (Å²) in [5.41, 5.74) is 3.15. The van der Waals surface area contributed by atoms with Crippen molar-refractivity contribution in [2.24, 2.45) is 17.6 Å². The number of anilines is 1. The van der Waals surface area contributed by atoms with Crippen LogP contribution in [0.3, 0.4) is 0 Å². The number of nitrogens with one attached hydrogen (secondary N) is 1. The molecular weight excluding hydrogens is 454 g/mol. The number of likely N-dealkylation sites (N-methyl/N-ethyl adjacent to an activating group) is 1. The van der Waals surface area contributed by atoms with Crippen molar-refractivity contribution in [1.29, 1.82) is 0 Å². The van der Waals surface area contributed by atoms with E-state index in [1.165, 1.54) is 11.0 Å². The maximum absolute atomic E-state index is 13.8. The van der Waals surface area contributed by atoms with Gasteiger partial charge in [-0.05, 0) is 57.0 Å². The average Bonchev–Trinajstić information content (AvgIpc) is 2.77. The predicted octanol–water partition coefficient (Wildman–Crippen LogP) is 1.18. The van der Waals surface area contributed by atoms with Crippen LogP contribution in [0.2, 0.25) is 0 Å². The maximum atomic E-state index is 13.8. The molecule has 0 spiro atoms. The van der Waals surface area contributed by atoms with Crippen molar-refractivity contribution in [2.75, 3.05) is 26.0 Å². The molecule has 0 radical (unpaired) electrons. The zero-order valence-electron chi connectivity index (χ0n) is 20.0. The van der Waals surface area contributed by atoms with Crippen LogP contribution in [-0.2, 0) is 20.8 Å². The van der Waals surface area contributed by atoms with E-state index in [4.69, 9.17) is 5.73 Å². The van der Waals surface area contributed by atoms with E-state index in [2.05, 4.69) is 12.2 Å². The monoisotopic (exact) mass is 485 g/mol. The minimum Gasteiger partial charge on any atom is -0.508 e. The van der Waals surface area contributed by atoms with E-state index < -0.39 is 58.0 Å². The highest BCUT2D eigenvalue weighted by atomic mass is 16.3. The number of aromatic hydroxyl groups is 1. The number of primary amides is 1. The quantitative estimate of drug-likeness (QED) is 0.196. The van der Waals surface area contributed by atoms with Crippen LogP contribution in [0.4, 0.5) is 5.69 Å². The number of rotatable bonds is 6. The molecule has 1 aromatic carbocycles. The summed E-state index contributed by atoms with van der Waals surface area (Å²) in [6.45, 7) is 2.74. The first-order valence-electron chi connectivity index (χ1n) is 11.7. The van der Waals surface area contributed by atoms with Gasteiger partial charge < -0.3 is 31.5 Å². The Bertz CT molecular complexity index is 1190. The number of fused-ring (bicyclic) bond motifs is 3. The van der Waals surface area contributed by atoms with Crippen molar-refractivity contribution in [1.82, 2.24) is 4.90 Å². The second kappa shape index (κ2) is 8.69. The molecule has 0 aliphatic heterocycles. The summed E-state index contributed by atoms with van der Waals surface area (Å²) in [7, 11) is 3.14. The molecule has 1 aromatic rings. The minimum absolute atomic E-state index is 0.0653. The molecule has 0 unspecified atom stereocenters. The van der Waals surface area contributed by atoms with Crippen LogP contribution in [0.25, 0.3) is 5.76 Å². The number of ketones is 2.